The van der Waals surface area contributed by atoms with Crippen LogP contribution in [0.3, 0.4) is 0 Å². The zero-order valence-electron chi connectivity index (χ0n) is 11.3. The predicted molar refractivity (Wildman–Crippen MR) is 69.0 cm³/mol. The van der Waals surface area contributed by atoms with Crippen LogP contribution in [0.15, 0.2) is 18.2 Å². The maximum absolute atomic E-state index is 11.0. The van der Waals surface area contributed by atoms with Crippen LogP contribution in [0, 0.1) is 0 Å². The van der Waals surface area contributed by atoms with Gasteiger partial charge in [0.05, 0.1) is 11.0 Å². The van der Waals surface area contributed by atoms with E-state index in [1.807, 2.05) is 13.0 Å². The Morgan fingerprint density at radius 2 is 2.00 bits per heavy atom. The van der Waals surface area contributed by atoms with Gasteiger partial charge in [-0.3, -0.25) is 0 Å². The van der Waals surface area contributed by atoms with E-state index in [-0.39, 0.29) is 36.0 Å². The van der Waals surface area contributed by atoms with Crippen LogP contribution in [0.25, 0.3) is 0 Å². The van der Waals surface area contributed by atoms with Crippen molar-refractivity contribution in [1.82, 2.24) is 0 Å². The molecular weight excluding hydrogens is 357 g/mol. The first-order chi connectivity index (χ1) is 8.39. The molecule has 0 unspecified atom stereocenters. The standard InChI is InChI=1S/C14H17NO3.HI/c1-9-14(2,3)11-8-10(13(17)18)4-5-12(11)15(9)6-7-16;/h4-5,8,16H,6-7H2,1-3H3;1H. The van der Waals surface area contributed by atoms with Crippen LogP contribution < -0.4 is 24.0 Å². The van der Waals surface area contributed by atoms with Gasteiger partial charge in [0.15, 0.2) is 12.3 Å². The molecule has 104 valence electrons. The Balaban J connectivity index is 0.00000180. The summed E-state index contributed by atoms with van der Waals surface area (Å²) in [7, 11) is 0. The molecule has 1 heterocycles. The highest BCUT2D eigenvalue weighted by Crippen LogP contribution is 2.39. The van der Waals surface area contributed by atoms with Gasteiger partial charge in [-0.15, -0.1) is 0 Å². The highest BCUT2D eigenvalue weighted by atomic mass is 127. The predicted octanol–water partition coefficient (Wildman–Crippen LogP) is -1.22. The third-order valence-electron chi connectivity index (χ3n) is 3.84. The molecule has 1 aromatic carbocycles. The van der Waals surface area contributed by atoms with Crippen molar-refractivity contribution < 1.29 is 43.6 Å². The number of fused-ring (bicyclic) bond motifs is 1. The highest BCUT2D eigenvalue weighted by molar-refractivity contribution is 5.95. The lowest BCUT2D eigenvalue weighted by molar-refractivity contribution is -0.442. The van der Waals surface area contributed by atoms with E-state index < -0.39 is 5.97 Å². The summed E-state index contributed by atoms with van der Waals surface area (Å²) in [6.45, 7) is 6.78. The third kappa shape index (κ3) is 2.53. The van der Waals surface area contributed by atoms with E-state index in [4.69, 9.17) is 10.2 Å². The highest BCUT2D eigenvalue weighted by Gasteiger charge is 2.43. The average Bonchev–Trinajstić information content (AvgIpc) is 2.51. The second-order valence-corrected chi connectivity index (χ2v) is 5.12. The molecule has 0 radical (unpaired) electrons. The first kappa shape index (κ1) is 16.1. The minimum Gasteiger partial charge on any atom is -1.00 e. The normalized spacial score (nSPS) is 16.0. The number of rotatable bonds is 3. The van der Waals surface area contributed by atoms with Gasteiger partial charge in [-0.2, -0.15) is 4.58 Å². The minimum atomic E-state index is -0.910. The van der Waals surface area contributed by atoms with E-state index in [2.05, 4.69) is 18.4 Å². The molecule has 5 heteroatoms. The molecule has 0 saturated carbocycles. The molecule has 2 rings (SSSR count). The fraction of sp³-hybridized carbons (Fsp3) is 0.429. The molecule has 1 aliphatic rings. The van der Waals surface area contributed by atoms with Crippen LogP contribution in [0.4, 0.5) is 5.69 Å². The first-order valence-electron chi connectivity index (χ1n) is 6.00. The number of aromatic carboxylic acids is 1. The molecule has 0 aliphatic carbocycles. The van der Waals surface area contributed by atoms with Crippen LogP contribution in [0.5, 0.6) is 0 Å². The van der Waals surface area contributed by atoms with E-state index in [1.54, 1.807) is 12.1 Å². The summed E-state index contributed by atoms with van der Waals surface area (Å²) < 4.78 is 2.06. The topological polar surface area (TPSA) is 60.5 Å². The number of hydrogen-bond acceptors (Lipinski definition) is 2. The summed E-state index contributed by atoms with van der Waals surface area (Å²) in [6.07, 6.45) is 0. The molecule has 1 aromatic rings. The number of aliphatic hydroxyl groups is 1. The lowest BCUT2D eigenvalue weighted by Crippen LogP contribution is -3.00. The van der Waals surface area contributed by atoms with Crippen LogP contribution in [-0.2, 0) is 5.41 Å². The number of β-amino-alcohol motifs (C(OH)–C–C–N with tert-alkyl or cyclic N) is 1. The molecule has 0 atom stereocenters. The van der Waals surface area contributed by atoms with Gasteiger partial charge in [0.1, 0.15) is 6.61 Å². The van der Waals surface area contributed by atoms with Gasteiger partial charge in [-0.25, -0.2) is 4.79 Å². The van der Waals surface area contributed by atoms with E-state index >= 15 is 0 Å². The second kappa shape index (κ2) is 5.58. The van der Waals surface area contributed by atoms with E-state index in [1.165, 1.54) is 0 Å². The van der Waals surface area contributed by atoms with Crippen molar-refractivity contribution in [3.63, 3.8) is 0 Å². The smallest absolute Gasteiger partial charge is 0.335 e. The Kier molecular flexibility index (Phi) is 4.73. The van der Waals surface area contributed by atoms with Crippen molar-refractivity contribution in [2.45, 2.75) is 26.2 Å². The molecule has 0 bridgehead atoms. The molecule has 1 aliphatic heterocycles. The number of halogens is 1. The number of carboxylic acids is 1. The first-order valence-corrected chi connectivity index (χ1v) is 6.00. The summed E-state index contributed by atoms with van der Waals surface area (Å²) >= 11 is 0. The molecule has 0 amide bonds. The number of benzene rings is 1. The Morgan fingerprint density at radius 3 is 2.53 bits per heavy atom. The van der Waals surface area contributed by atoms with Gasteiger partial charge < -0.3 is 34.2 Å². The van der Waals surface area contributed by atoms with Crippen molar-refractivity contribution >= 4 is 17.4 Å². The number of carbonyl (C=O) groups is 1. The zero-order chi connectivity index (χ0) is 13.5. The van der Waals surface area contributed by atoms with Gasteiger partial charge in [0.25, 0.3) is 0 Å². The molecule has 4 nitrogen and oxygen atoms in total. The molecular formula is C14H18INO3. The van der Waals surface area contributed by atoms with Crippen molar-refractivity contribution in [2.24, 2.45) is 0 Å². The summed E-state index contributed by atoms with van der Waals surface area (Å²) in [4.78, 5) is 11.0. The van der Waals surface area contributed by atoms with Crippen LogP contribution >= 0.6 is 0 Å². The molecule has 0 aromatic heterocycles. The second-order valence-electron chi connectivity index (χ2n) is 5.12. The Labute approximate surface area is 129 Å². The number of nitrogens with zero attached hydrogens (tertiary/aromatic N) is 1. The maximum atomic E-state index is 11.0. The van der Waals surface area contributed by atoms with Crippen molar-refractivity contribution in [2.75, 3.05) is 13.2 Å². The van der Waals surface area contributed by atoms with Crippen molar-refractivity contribution in [1.29, 1.82) is 0 Å². The summed E-state index contributed by atoms with van der Waals surface area (Å²) in [5.41, 5.74) is 3.25. The largest absolute Gasteiger partial charge is 1.00 e. The summed E-state index contributed by atoms with van der Waals surface area (Å²) in [5, 5.41) is 18.2. The van der Waals surface area contributed by atoms with Crippen LogP contribution in [0.1, 0.15) is 36.7 Å². The van der Waals surface area contributed by atoms with E-state index in [0.717, 1.165) is 17.0 Å². The minimum absolute atomic E-state index is 0. The van der Waals surface area contributed by atoms with Gasteiger partial charge >= 0.3 is 5.97 Å². The third-order valence-corrected chi connectivity index (χ3v) is 3.84. The van der Waals surface area contributed by atoms with Gasteiger partial charge in [-0.1, -0.05) is 0 Å². The van der Waals surface area contributed by atoms with Crippen LogP contribution in [-0.4, -0.2) is 39.6 Å². The fourth-order valence-corrected chi connectivity index (χ4v) is 2.51. The van der Waals surface area contributed by atoms with Crippen molar-refractivity contribution in [3.8, 4) is 0 Å². The molecule has 0 spiro atoms. The summed E-state index contributed by atoms with van der Waals surface area (Å²) in [5.74, 6) is -0.910. The van der Waals surface area contributed by atoms with Gasteiger partial charge in [0.2, 0.25) is 5.69 Å². The van der Waals surface area contributed by atoms with Crippen molar-refractivity contribution in [3.05, 3.63) is 29.3 Å². The van der Waals surface area contributed by atoms with Gasteiger partial charge in [0, 0.05) is 18.6 Å². The van der Waals surface area contributed by atoms with E-state index in [9.17, 15) is 4.79 Å². The number of hydrogen-bond donors (Lipinski definition) is 2. The number of carboxylic acid groups (broad SMARTS) is 1. The van der Waals surface area contributed by atoms with Gasteiger partial charge in [-0.05, 0) is 26.0 Å². The average molecular weight is 375 g/mol. The Bertz CT molecular complexity index is 550. The molecule has 0 saturated heterocycles. The molecule has 0 fully saturated rings. The fourth-order valence-electron chi connectivity index (χ4n) is 2.51. The molecule has 19 heavy (non-hydrogen) atoms. The zero-order valence-corrected chi connectivity index (χ0v) is 13.4. The van der Waals surface area contributed by atoms with Crippen LogP contribution in [0.2, 0.25) is 0 Å². The lowest BCUT2D eigenvalue weighted by Gasteiger charge is -2.15. The monoisotopic (exact) mass is 375 g/mol. The molecule has 2 N–H and O–H groups in total. The lowest BCUT2D eigenvalue weighted by atomic mass is 9.81. The SMILES string of the molecule is CC1=[N+](CCO)c2ccc(C(=O)O)cc2C1(C)C.[I-]. The number of aliphatic hydroxyl groups excluding tert-OH is 1. The Morgan fingerprint density at radius 1 is 1.37 bits per heavy atom. The summed E-state index contributed by atoms with van der Waals surface area (Å²) in [6, 6.07) is 5.17. The maximum Gasteiger partial charge on any atom is 0.335 e. The Hall–Kier alpha value is -0.950. The van der Waals surface area contributed by atoms with E-state index in [0.29, 0.717) is 12.1 Å². The quantitative estimate of drug-likeness (QED) is 0.514.